The van der Waals surface area contributed by atoms with Crippen LogP contribution >= 0.6 is 0 Å². The van der Waals surface area contributed by atoms with Gasteiger partial charge in [0.2, 0.25) is 0 Å². The third-order valence-corrected chi connectivity index (χ3v) is 3.90. The van der Waals surface area contributed by atoms with Gasteiger partial charge in [-0.3, -0.25) is 9.20 Å². The zero-order valence-electron chi connectivity index (χ0n) is 14.8. The van der Waals surface area contributed by atoms with Gasteiger partial charge in [-0.05, 0) is 55.7 Å². The minimum Gasteiger partial charge on any atom is -0.469 e. The molecule has 0 spiro atoms. The number of ether oxygens (including phenoxy) is 1. The molecule has 0 saturated carbocycles. The van der Waals surface area contributed by atoms with E-state index < -0.39 is 0 Å². The molecule has 6 heteroatoms. The summed E-state index contributed by atoms with van der Waals surface area (Å²) in [7, 11) is 1.36. The Morgan fingerprint density at radius 3 is 2.56 bits per heavy atom. The van der Waals surface area contributed by atoms with Crippen molar-refractivity contribution in [1.29, 1.82) is 0 Å². The molecule has 3 rings (SSSR count). The predicted molar refractivity (Wildman–Crippen MR) is 95.7 cm³/mol. The van der Waals surface area contributed by atoms with Crippen molar-refractivity contribution in [3.8, 4) is 0 Å². The number of hydrogen-bond donors (Lipinski definition) is 0. The summed E-state index contributed by atoms with van der Waals surface area (Å²) in [5.74, 6) is 0.187. The number of aromatic nitrogens is 2. The molecule has 6 nitrogen and oxygen atoms in total. The van der Waals surface area contributed by atoms with E-state index in [0.29, 0.717) is 11.5 Å². The van der Waals surface area contributed by atoms with Crippen LogP contribution in [0.15, 0.2) is 46.8 Å². The smallest absolute Gasteiger partial charge is 0.311 e. The average molecular weight is 336 g/mol. The van der Waals surface area contributed by atoms with Gasteiger partial charge in [-0.25, -0.2) is 4.98 Å². The minimum absolute atomic E-state index is 0.0544. The number of carbonyl (C=O) groups excluding carboxylic acids is 1. The SMILES string of the molecule is COC(=O)Cc1nc2c(C)cccn2c1N=Nc1cc(C)cc(C)c1. The van der Waals surface area contributed by atoms with Crippen LogP contribution in [0.3, 0.4) is 0 Å². The number of pyridine rings is 1. The molecule has 2 aromatic heterocycles. The fraction of sp³-hybridized carbons (Fsp3) is 0.263. The first-order valence-electron chi connectivity index (χ1n) is 8.01. The zero-order chi connectivity index (χ0) is 18.0. The van der Waals surface area contributed by atoms with Crippen LogP contribution in [-0.2, 0) is 16.0 Å². The van der Waals surface area contributed by atoms with Gasteiger partial charge in [0.1, 0.15) is 5.65 Å². The van der Waals surface area contributed by atoms with E-state index >= 15 is 0 Å². The second-order valence-corrected chi connectivity index (χ2v) is 6.07. The van der Waals surface area contributed by atoms with Gasteiger partial charge in [-0.2, -0.15) is 0 Å². The maximum Gasteiger partial charge on any atom is 0.311 e. The Kier molecular flexibility index (Phi) is 4.61. The van der Waals surface area contributed by atoms with Crippen molar-refractivity contribution in [2.24, 2.45) is 10.2 Å². The highest BCUT2D eigenvalue weighted by Crippen LogP contribution is 2.27. The number of esters is 1. The molecule has 0 unspecified atom stereocenters. The molecule has 0 fully saturated rings. The van der Waals surface area contributed by atoms with Gasteiger partial charge in [-0.1, -0.05) is 12.1 Å². The summed E-state index contributed by atoms with van der Waals surface area (Å²) in [5, 5.41) is 8.75. The summed E-state index contributed by atoms with van der Waals surface area (Å²) in [6.45, 7) is 6.01. The maximum atomic E-state index is 11.7. The number of methoxy groups -OCH3 is 1. The average Bonchev–Trinajstić information content (AvgIpc) is 2.90. The molecule has 0 atom stereocenters. The molecule has 3 aromatic rings. The van der Waals surface area contributed by atoms with Crippen LogP contribution in [0.5, 0.6) is 0 Å². The van der Waals surface area contributed by atoms with Crippen LogP contribution in [0.1, 0.15) is 22.4 Å². The van der Waals surface area contributed by atoms with Crippen LogP contribution in [-0.4, -0.2) is 22.5 Å². The van der Waals surface area contributed by atoms with Crippen molar-refractivity contribution < 1.29 is 9.53 Å². The molecule has 128 valence electrons. The summed E-state index contributed by atoms with van der Waals surface area (Å²) < 4.78 is 6.62. The summed E-state index contributed by atoms with van der Waals surface area (Å²) in [5.41, 5.74) is 5.33. The molecule has 0 saturated heterocycles. The van der Waals surface area contributed by atoms with Crippen LogP contribution in [0.2, 0.25) is 0 Å². The number of benzene rings is 1. The molecule has 25 heavy (non-hydrogen) atoms. The standard InChI is InChI=1S/C19H20N4O2/c1-12-8-13(2)10-15(9-12)21-22-19-16(11-17(24)25-4)20-18-14(3)6-5-7-23(18)19/h5-10H,11H2,1-4H3. The molecular weight excluding hydrogens is 316 g/mol. The van der Waals surface area contributed by atoms with Crippen LogP contribution in [0, 0.1) is 20.8 Å². The van der Waals surface area contributed by atoms with E-state index in [1.165, 1.54) is 7.11 Å². The molecule has 0 aliphatic rings. The second kappa shape index (κ2) is 6.84. The molecule has 0 N–H and O–H groups in total. The van der Waals surface area contributed by atoms with Crippen molar-refractivity contribution in [3.63, 3.8) is 0 Å². The summed E-state index contributed by atoms with van der Waals surface area (Å²) >= 11 is 0. The number of azo groups is 1. The Morgan fingerprint density at radius 1 is 1.16 bits per heavy atom. The lowest BCUT2D eigenvalue weighted by molar-refractivity contribution is -0.139. The Hall–Kier alpha value is -3.02. The molecular formula is C19H20N4O2. The van der Waals surface area contributed by atoms with Crippen molar-refractivity contribution in [3.05, 3.63) is 58.9 Å². The number of fused-ring (bicyclic) bond motifs is 1. The van der Waals surface area contributed by atoms with Crippen molar-refractivity contribution in [2.45, 2.75) is 27.2 Å². The van der Waals surface area contributed by atoms with Crippen LogP contribution in [0.25, 0.3) is 5.65 Å². The second-order valence-electron chi connectivity index (χ2n) is 6.07. The lowest BCUT2D eigenvalue weighted by Gasteiger charge is -2.01. The van der Waals surface area contributed by atoms with Crippen molar-refractivity contribution in [2.75, 3.05) is 7.11 Å². The summed E-state index contributed by atoms with van der Waals surface area (Å²) in [6.07, 6.45) is 1.92. The lowest BCUT2D eigenvalue weighted by Crippen LogP contribution is -2.04. The van der Waals surface area contributed by atoms with Gasteiger partial charge >= 0.3 is 5.97 Å². The highest BCUT2D eigenvalue weighted by atomic mass is 16.5. The van der Waals surface area contributed by atoms with E-state index in [0.717, 1.165) is 28.0 Å². The number of nitrogens with zero attached hydrogens (tertiary/aromatic N) is 4. The van der Waals surface area contributed by atoms with Gasteiger partial charge in [-0.15, -0.1) is 10.2 Å². The van der Waals surface area contributed by atoms with Gasteiger partial charge in [0.05, 0.1) is 24.9 Å². The first-order chi connectivity index (χ1) is 12.0. The predicted octanol–water partition coefficient (Wildman–Crippen LogP) is 4.39. The number of rotatable bonds is 4. The van der Waals surface area contributed by atoms with E-state index in [2.05, 4.69) is 21.3 Å². The third kappa shape index (κ3) is 3.57. The normalized spacial score (nSPS) is 11.4. The highest BCUT2D eigenvalue weighted by molar-refractivity contribution is 5.74. The lowest BCUT2D eigenvalue weighted by atomic mass is 10.1. The monoisotopic (exact) mass is 336 g/mol. The van der Waals surface area contributed by atoms with Crippen LogP contribution in [0.4, 0.5) is 11.5 Å². The van der Waals surface area contributed by atoms with E-state index in [-0.39, 0.29) is 12.4 Å². The van der Waals surface area contributed by atoms with E-state index in [4.69, 9.17) is 4.74 Å². The minimum atomic E-state index is -0.357. The maximum absolute atomic E-state index is 11.7. The Labute approximate surface area is 146 Å². The van der Waals surface area contributed by atoms with Gasteiger partial charge in [0.25, 0.3) is 0 Å². The highest BCUT2D eigenvalue weighted by Gasteiger charge is 2.16. The van der Waals surface area contributed by atoms with Crippen molar-refractivity contribution in [1.82, 2.24) is 9.38 Å². The van der Waals surface area contributed by atoms with Gasteiger partial charge < -0.3 is 4.74 Å². The molecule has 0 aliphatic heterocycles. The number of hydrogen-bond acceptors (Lipinski definition) is 5. The zero-order valence-corrected chi connectivity index (χ0v) is 14.8. The first kappa shape index (κ1) is 16.8. The molecule has 2 heterocycles. The first-order valence-corrected chi connectivity index (χ1v) is 8.01. The largest absolute Gasteiger partial charge is 0.469 e. The van der Waals surface area contributed by atoms with Gasteiger partial charge in [0.15, 0.2) is 5.82 Å². The molecule has 0 amide bonds. The number of carbonyl (C=O) groups is 1. The number of aryl methyl sites for hydroxylation is 3. The molecule has 1 aromatic carbocycles. The quantitative estimate of drug-likeness (QED) is 0.524. The van der Waals surface area contributed by atoms with E-state index in [1.54, 1.807) is 0 Å². The molecule has 0 bridgehead atoms. The summed E-state index contributed by atoms with van der Waals surface area (Å²) in [4.78, 5) is 16.3. The molecule has 0 radical (unpaired) electrons. The van der Waals surface area contributed by atoms with Gasteiger partial charge in [0, 0.05) is 6.20 Å². The fourth-order valence-electron chi connectivity index (χ4n) is 2.79. The number of imidazole rings is 1. The third-order valence-electron chi connectivity index (χ3n) is 3.90. The summed E-state index contributed by atoms with van der Waals surface area (Å²) in [6, 6.07) is 9.89. The van der Waals surface area contributed by atoms with Crippen LogP contribution < -0.4 is 0 Å². The van der Waals surface area contributed by atoms with Crippen molar-refractivity contribution >= 4 is 23.1 Å². The molecule has 0 aliphatic carbocycles. The fourth-order valence-corrected chi connectivity index (χ4v) is 2.79. The Balaban J connectivity index is 2.09. The Morgan fingerprint density at radius 2 is 1.88 bits per heavy atom. The topological polar surface area (TPSA) is 68.3 Å². The Bertz CT molecular complexity index is 953. The van der Waals surface area contributed by atoms with E-state index in [1.807, 2.05) is 55.6 Å². The van der Waals surface area contributed by atoms with E-state index in [9.17, 15) is 4.79 Å².